The highest BCUT2D eigenvalue weighted by Gasteiger charge is 2.08. The number of hydrogen-bond acceptors (Lipinski definition) is 4. The van der Waals surface area contributed by atoms with Crippen LogP contribution in [0.2, 0.25) is 0 Å². The number of unbranched alkanes of at least 4 members (excludes halogenated alkanes) is 1. The van der Waals surface area contributed by atoms with Crippen LogP contribution < -0.4 is 4.74 Å². The summed E-state index contributed by atoms with van der Waals surface area (Å²) in [4.78, 5) is 0. The van der Waals surface area contributed by atoms with Crippen LogP contribution in [-0.2, 0) is 9.84 Å². The van der Waals surface area contributed by atoms with Gasteiger partial charge >= 0.3 is 0 Å². The van der Waals surface area contributed by atoms with Gasteiger partial charge in [0, 0.05) is 0 Å². The minimum Gasteiger partial charge on any atom is -0.494 e. The quantitative estimate of drug-likeness (QED) is 0.695. The molecule has 0 aromatic heterocycles. The standard InChI is InChI=1S/C12H15NO3S/c13-8-11-17(14,15)10-5-4-9-16-12-6-2-1-3-7-12/h1-3,6-7H,4-5,9-11H2. The predicted molar refractivity (Wildman–Crippen MR) is 65.4 cm³/mol. The largest absolute Gasteiger partial charge is 0.494 e. The van der Waals surface area contributed by atoms with E-state index in [4.69, 9.17) is 10.00 Å². The van der Waals surface area contributed by atoms with Gasteiger partial charge in [-0.3, -0.25) is 0 Å². The van der Waals surface area contributed by atoms with Crippen molar-refractivity contribution in [2.75, 3.05) is 18.1 Å². The first-order valence-electron chi connectivity index (χ1n) is 5.39. The average molecular weight is 253 g/mol. The molecule has 1 aromatic carbocycles. The molecule has 0 atom stereocenters. The van der Waals surface area contributed by atoms with Gasteiger partial charge in [0.25, 0.3) is 0 Å². The van der Waals surface area contributed by atoms with Gasteiger partial charge in [-0.15, -0.1) is 0 Å². The molecule has 4 nitrogen and oxygen atoms in total. The van der Waals surface area contributed by atoms with E-state index in [2.05, 4.69) is 0 Å². The summed E-state index contributed by atoms with van der Waals surface area (Å²) in [5.74, 6) is 0.443. The molecule has 0 heterocycles. The third-order valence-electron chi connectivity index (χ3n) is 2.15. The van der Waals surface area contributed by atoms with Crippen LogP contribution in [0.4, 0.5) is 0 Å². The molecule has 1 rings (SSSR count). The zero-order valence-electron chi connectivity index (χ0n) is 9.50. The van der Waals surface area contributed by atoms with Crippen molar-refractivity contribution in [1.29, 1.82) is 5.26 Å². The molecule has 1 aromatic rings. The van der Waals surface area contributed by atoms with Crippen LogP contribution in [0.25, 0.3) is 0 Å². The molecule has 0 bridgehead atoms. The summed E-state index contributed by atoms with van der Waals surface area (Å²) in [6.07, 6.45) is 1.19. The lowest BCUT2D eigenvalue weighted by Crippen LogP contribution is -2.10. The van der Waals surface area contributed by atoms with E-state index < -0.39 is 15.6 Å². The fourth-order valence-electron chi connectivity index (χ4n) is 1.30. The zero-order valence-corrected chi connectivity index (χ0v) is 10.3. The van der Waals surface area contributed by atoms with Crippen molar-refractivity contribution in [1.82, 2.24) is 0 Å². The number of ether oxygens (including phenoxy) is 1. The van der Waals surface area contributed by atoms with Crippen molar-refractivity contribution in [3.63, 3.8) is 0 Å². The van der Waals surface area contributed by atoms with Gasteiger partial charge in [-0.05, 0) is 25.0 Å². The Morgan fingerprint density at radius 1 is 1.18 bits per heavy atom. The number of nitriles is 1. The van der Waals surface area contributed by atoms with Gasteiger partial charge in [-0.25, -0.2) is 8.42 Å². The first-order valence-corrected chi connectivity index (χ1v) is 7.21. The normalized spacial score (nSPS) is 10.8. The lowest BCUT2D eigenvalue weighted by molar-refractivity contribution is 0.309. The molecule has 0 amide bonds. The lowest BCUT2D eigenvalue weighted by Gasteiger charge is -2.05. The van der Waals surface area contributed by atoms with Crippen LogP contribution >= 0.6 is 0 Å². The first kappa shape index (κ1) is 13.5. The van der Waals surface area contributed by atoms with Gasteiger partial charge < -0.3 is 4.74 Å². The van der Waals surface area contributed by atoms with Crippen LogP contribution in [0.15, 0.2) is 30.3 Å². The van der Waals surface area contributed by atoms with E-state index in [1.54, 1.807) is 6.07 Å². The fraction of sp³-hybridized carbons (Fsp3) is 0.417. The summed E-state index contributed by atoms with van der Waals surface area (Å²) in [6.45, 7) is 0.492. The number of sulfone groups is 1. The molecule has 0 spiro atoms. The lowest BCUT2D eigenvalue weighted by atomic mass is 10.3. The van der Waals surface area contributed by atoms with E-state index in [9.17, 15) is 8.42 Å². The summed E-state index contributed by atoms with van der Waals surface area (Å²) in [5, 5.41) is 8.30. The summed E-state index contributed by atoms with van der Waals surface area (Å²) in [7, 11) is -3.19. The van der Waals surface area contributed by atoms with E-state index in [1.165, 1.54) is 0 Å². The maximum absolute atomic E-state index is 11.2. The van der Waals surface area contributed by atoms with E-state index in [-0.39, 0.29) is 5.75 Å². The Morgan fingerprint density at radius 3 is 2.53 bits per heavy atom. The molecule has 0 N–H and O–H groups in total. The van der Waals surface area contributed by atoms with Gasteiger partial charge in [0.15, 0.2) is 9.84 Å². The third-order valence-corrected chi connectivity index (χ3v) is 3.63. The molecule has 0 unspecified atom stereocenters. The number of rotatable bonds is 7. The van der Waals surface area contributed by atoms with Gasteiger partial charge in [-0.1, -0.05) is 18.2 Å². The van der Waals surface area contributed by atoms with Gasteiger partial charge in [0.05, 0.1) is 18.4 Å². The minimum atomic E-state index is -3.19. The molecule has 0 radical (unpaired) electrons. The second-order valence-electron chi connectivity index (χ2n) is 3.62. The topological polar surface area (TPSA) is 67.2 Å². The fourth-order valence-corrected chi connectivity index (χ4v) is 2.29. The summed E-state index contributed by atoms with van der Waals surface area (Å²) in [5.41, 5.74) is 0. The molecule has 0 saturated carbocycles. The predicted octanol–water partition coefficient (Wildman–Crippen LogP) is 1.78. The Kier molecular flexibility index (Phi) is 5.50. The molecule has 0 fully saturated rings. The van der Waals surface area contributed by atoms with Crippen molar-refractivity contribution >= 4 is 9.84 Å². The van der Waals surface area contributed by atoms with E-state index in [0.717, 1.165) is 5.75 Å². The highest BCUT2D eigenvalue weighted by Crippen LogP contribution is 2.09. The second-order valence-corrected chi connectivity index (χ2v) is 5.80. The SMILES string of the molecule is N#CCS(=O)(=O)CCCCOc1ccccc1. The van der Waals surface area contributed by atoms with E-state index in [0.29, 0.717) is 19.4 Å². The third kappa shape index (κ3) is 5.93. The van der Waals surface area contributed by atoms with Crippen molar-refractivity contribution in [2.24, 2.45) is 0 Å². The first-order chi connectivity index (χ1) is 8.14. The van der Waals surface area contributed by atoms with Crippen LogP contribution in [0, 0.1) is 11.3 Å². The number of nitrogens with zero attached hydrogens (tertiary/aromatic N) is 1. The van der Waals surface area contributed by atoms with Crippen molar-refractivity contribution in [3.8, 4) is 11.8 Å². The second kappa shape index (κ2) is 6.92. The molecular formula is C12H15NO3S. The van der Waals surface area contributed by atoms with E-state index >= 15 is 0 Å². The monoisotopic (exact) mass is 253 g/mol. The van der Waals surface area contributed by atoms with E-state index in [1.807, 2.05) is 30.3 Å². The van der Waals surface area contributed by atoms with Crippen molar-refractivity contribution in [3.05, 3.63) is 30.3 Å². The Hall–Kier alpha value is -1.54. The summed E-state index contributed by atoms with van der Waals surface area (Å²) in [6, 6.07) is 11.0. The molecule has 0 aliphatic carbocycles. The average Bonchev–Trinajstić information content (AvgIpc) is 2.30. The Morgan fingerprint density at radius 2 is 1.88 bits per heavy atom. The van der Waals surface area contributed by atoms with Crippen LogP contribution in [0.3, 0.4) is 0 Å². The maximum atomic E-state index is 11.2. The zero-order chi connectivity index (χ0) is 12.6. The minimum absolute atomic E-state index is 0.0543. The smallest absolute Gasteiger partial charge is 0.163 e. The molecule has 0 aliphatic heterocycles. The molecule has 17 heavy (non-hydrogen) atoms. The van der Waals surface area contributed by atoms with Gasteiger partial charge in [-0.2, -0.15) is 5.26 Å². The van der Waals surface area contributed by atoms with Crippen LogP contribution in [0.5, 0.6) is 5.75 Å². The molecular weight excluding hydrogens is 238 g/mol. The Labute approximate surface area is 102 Å². The molecule has 0 saturated heterocycles. The van der Waals surface area contributed by atoms with Gasteiger partial charge in [0.2, 0.25) is 0 Å². The van der Waals surface area contributed by atoms with Crippen LogP contribution in [0.1, 0.15) is 12.8 Å². The Bertz CT molecular complexity index is 462. The molecule has 0 aliphatic rings. The number of hydrogen-bond donors (Lipinski definition) is 0. The highest BCUT2D eigenvalue weighted by atomic mass is 32.2. The summed E-state index contributed by atoms with van der Waals surface area (Å²) >= 11 is 0. The number of para-hydroxylation sites is 1. The molecule has 5 heteroatoms. The number of benzene rings is 1. The Balaban J connectivity index is 2.16. The molecule has 92 valence electrons. The highest BCUT2D eigenvalue weighted by molar-refractivity contribution is 7.91. The summed E-state index contributed by atoms with van der Waals surface area (Å²) < 4.78 is 27.8. The van der Waals surface area contributed by atoms with Crippen LogP contribution in [-0.4, -0.2) is 26.5 Å². The van der Waals surface area contributed by atoms with Gasteiger partial charge in [0.1, 0.15) is 11.5 Å². The van der Waals surface area contributed by atoms with Crippen molar-refractivity contribution < 1.29 is 13.2 Å². The maximum Gasteiger partial charge on any atom is 0.163 e. The van der Waals surface area contributed by atoms with Crippen molar-refractivity contribution in [2.45, 2.75) is 12.8 Å².